The molecule has 4 rings (SSSR count). The van der Waals surface area contributed by atoms with Crippen molar-refractivity contribution >= 4 is 18.3 Å². The molecule has 2 aliphatic heterocycles. The summed E-state index contributed by atoms with van der Waals surface area (Å²) in [4.78, 5) is 15.3. The first kappa shape index (κ1) is 22.4. The largest absolute Gasteiger partial charge is 0.496 e. The number of carbonyl (C=O) groups excluding carboxylic acids is 1. The number of rotatable bonds is 6. The van der Waals surface area contributed by atoms with Gasteiger partial charge in [0.25, 0.3) is 5.91 Å². The molecule has 0 radical (unpaired) electrons. The van der Waals surface area contributed by atoms with Crippen LogP contribution in [0.5, 0.6) is 11.5 Å². The highest BCUT2D eigenvalue weighted by Crippen LogP contribution is 2.31. The van der Waals surface area contributed by atoms with Gasteiger partial charge in [0.2, 0.25) is 0 Å². The number of carbonyl (C=O) groups is 1. The summed E-state index contributed by atoms with van der Waals surface area (Å²) in [5.74, 6) is 1.51. The van der Waals surface area contributed by atoms with Crippen LogP contribution in [0.3, 0.4) is 0 Å². The third kappa shape index (κ3) is 5.06. The molecule has 2 fully saturated rings. The van der Waals surface area contributed by atoms with Crippen molar-refractivity contribution in [2.75, 3.05) is 40.0 Å². The maximum Gasteiger partial charge on any atom is 0.254 e. The van der Waals surface area contributed by atoms with E-state index >= 15 is 0 Å². The van der Waals surface area contributed by atoms with Gasteiger partial charge < -0.3 is 24.4 Å². The van der Waals surface area contributed by atoms with Crippen LogP contribution in [0, 0.1) is 0 Å². The molecule has 0 bridgehead atoms. The summed E-state index contributed by atoms with van der Waals surface area (Å²) in [6, 6.07) is 15.3. The first-order valence-electron chi connectivity index (χ1n) is 10.3. The van der Waals surface area contributed by atoms with Crippen LogP contribution < -0.4 is 14.8 Å². The Morgan fingerprint density at radius 2 is 2.10 bits per heavy atom. The summed E-state index contributed by atoms with van der Waals surface area (Å²) in [5, 5.41) is 3.40. The van der Waals surface area contributed by atoms with Gasteiger partial charge in [-0.15, -0.1) is 12.4 Å². The zero-order valence-corrected chi connectivity index (χ0v) is 18.0. The molecule has 1 N–H and O–H groups in total. The molecule has 2 unspecified atom stereocenters. The molecule has 2 aliphatic rings. The molecule has 0 aromatic heterocycles. The summed E-state index contributed by atoms with van der Waals surface area (Å²) >= 11 is 0. The van der Waals surface area contributed by atoms with Gasteiger partial charge in [-0.05, 0) is 37.1 Å². The van der Waals surface area contributed by atoms with Gasteiger partial charge in [0.15, 0.2) is 0 Å². The lowest BCUT2D eigenvalue weighted by Gasteiger charge is -2.37. The van der Waals surface area contributed by atoms with Crippen molar-refractivity contribution in [2.24, 2.45) is 0 Å². The fourth-order valence-electron chi connectivity index (χ4n) is 4.02. The van der Waals surface area contributed by atoms with E-state index in [0.29, 0.717) is 31.0 Å². The Kier molecular flexibility index (Phi) is 7.96. The van der Waals surface area contributed by atoms with Crippen LogP contribution in [0.15, 0.2) is 48.5 Å². The number of para-hydroxylation sites is 1. The molecule has 2 aromatic carbocycles. The minimum Gasteiger partial charge on any atom is -0.496 e. The Balaban J connectivity index is 0.00000256. The lowest BCUT2D eigenvalue weighted by atomic mass is 10.0. The summed E-state index contributed by atoms with van der Waals surface area (Å²) < 4.78 is 17.0. The Hall–Kier alpha value is -2.28. The smallest absolute Gasteiger partial charge is 0.254 e. The molecule has 0 aliphatic carbocycles. The van der Waals surface area contributed by atoms with Crippen LogP contribution in [0.1, 0.15) is 34.8 Å². The first-order chi connectivity index (χ1) is 14.3. The van der Waals surface area contributed by atoms with E-state index in [1.165, 1.54) is 0 Å². The number of nitrogens with one attached hydrogen (secondary N) is 1. The quantitative estimate of drug-likeness (QED) is 0.757. The number of hydrogen-bond donors (Lipinski definition) is 1. The SMILES string of the molecule is COc1ccccc1C1CNCCN1C(=O)c1cccc(OCC2CCCO2)c1.Cl. The van der Waals surface area contributed by atoms with Crippen molar-refractivity contribution in [3.05, 3.63) is 59.7 Å². The minimum atomic E-state index is -0.0798. The fourth-order valence-corrected chi connectivity index (χ4v) is 4.02. The third-order valence-electron chi connectivity index (χ3n) is 5.54. The topological polar surface area (TPSA) is 60.0 Å². The molecule has 2 aromatic rings. The van der Waals surface area contributed by atoms with Crippen molar-refractivity contribution in [3.63, 3.8) is 0 Å². The highest BCUT2D eigenvalue weighted by molar-refractivity contribution is 5.95. The number of nitrogens with zero attached hydrogens (tertiary/aromatic N) is 1. The molecular weight excluding hydrogens is 404 g/mol. The van der Waals surface area contributed by atoms with E-state index < -0.39 is 0 Å². The normalized spacial score (nSPS) is 21.0. The summed E-state index contributed by atoms with van der Waals surface area (Å²) in [7, 11) is 1.66. The average molecular weight is 433 g/mol. The summed E-state index contributed by atoms with van der Waals surface area (Å²) in [6.07, 6.45) is 2.26. The highest BCUT2D eigenvalue weighted by Gasteiger charge is 2.30. The number of halogens is 1. The van der Waals surface area contributed by atoms with Crippen molar-refractivity contribution in [1.82, 2.24) is 10.2 Å². The highest BCUT2D eigenvalue weighted by atomic mass is 35.5. The van der Waals surface area contributed by atoms with E-state index in [0.717, 1.165) is 37.3 Å². The number of ether oxygens (including phenoxy) is 3. The predicted molar refractivity (Wildman–Crippen MR) is 118 cm³/mol. The van der Waals surface area contributed by atoms with Crippen LogP contribution in [-0.4, -0.2) is 56.9 Å². The standard InChI is InChI=1S/C23H28N2O4.ClH/c1-27-22-10-3-2-9-20(22)21-15-24-11-12-25(21)23(26)17-6-4-7-18(14-17)29-16-19-8-5-13-28-19;/h2-4,6-7,9-10,14,19,21,24H,5,8,11-13,15-16H2,1H3;1H. The Morgan fingerprint density at radius 1 is 1.23 bits per heavy atom. The van der Waals surface area contributed by atoms with E-state index in [9.17, 15) is 4.79 Å². The van der Waals surface area contributed by atoms with Gasteiger partial charge in [0.05, 0.1) is 19.3 Å². The molecule has 30 heavy (non-hydrogen) atoms. The second kappa shape index (κ2) is 10.7. The van der Waals surface area contributed by atoms with Gasteiger partial charge in [0, 0.05) is 37.4 Å². The van der Waals surface area contributed by atoms with Crippen molar-refractivity contribution in [3.8, 4) is 11.5 Å². The average Bonchev–Trinajstić information content (AvgIpc) is 3.31. The molecular formula is C23H29ClN2O4. The van der Waals surface area contributed by atoms with Crippen molar-refractivity contribution in [2.45, 2.75) is 25.0 Å². The van der Waals surface area contributed by atoms with Crippen LogP contribution in [0.4, 0.5) is 0 Å². The Morgan fingerprint density at radius 3 is 2.90 bits per heavy atom. The first-order valence-corrected chi connectivity index (χ1v) is 10.3. The molecule has 2 heterocycles. The van der Waals surface area contributed by atoms with Gasteiger partial charge in [-0.25, -0.2) is 0 Å². The summed E-state index contributed by atoms with van der Waals surface area (Å²) in [5.41, 5.74) is 1.65. The maximum atomic E-state index is 13.4. The van der Waals surface area contributed by atoms with Gasteiger partial charge in [-0.2, -0.15) is 0 Å². The van der Waals surface area contributed by atoms with Gasteiger partial charge in [0.1, 0.15) is 18.1 Å². The second-order valence-corrected chi connectivity index (χ2v) is 7.43. The number of amides is 1. The van der Waals surface area contributed by atoms with Crippen LogP contribution in [0.25, 0.3) is 0 Å². The third-order valence-corrected chi connectivity index (χ3v) is 5.54. The van der Waals surface area contributed by atoms with E-state index in [2.05, 4.69) is 5.32 Å². The molecule has 7 heteroatoms. The van der Waals surface area contributed by atoms with Crippen LogP contribution >= 0.6 is 12.4 Å². The number of hydrogen-bond acceptors (Lipinski definition) is 5. The molecule has 2 atom stereocenters. The van der Waals surface area contributed by atoms with Crippen molar-refractivity contribution in [1.29, 1.82) is 0 Å². The number of methoxy groups -OCH3 is 1. The molecule has 2 saturated heterocycles. The lowest BCUT2D eigenvalue weighted by Crippen LogP contribution is -2.48. The van der Waals surface area contributed by atoms with Crippen molar-refractivity contribution < 1.29 is 19.0 Å². The molecule has 1 amide bonds. The zero-order valence-electron chi connectivity index (χ0n) is 17.2. The molecule has 6 nitrogen and oxygen atoms in total. The lowest BCUT2D eigenvalue weighted by molar-refractivity contribution is 0.0627. The minimum absolute atomic E-state index is 0. The monoisotopic (exact) mass is 432 g/mol. The van der Waals surface area contributed by atoms with Crippen LogP contribution in [0.2, 0.25) is 0 Å². The Bertz CT molecular complexity index is 841. The number of benzene rings is 2. The molecule has 0 saturated carbocycles. The van der Waals surface area contributed by atoms with Crippen LogP contribution in [-0.2, 0) is 4.74 Å². The molecule has 162 valence electrons. The Labute approximate surface area is 183 Å². The van der Waals surface area contributed by atoms with E-state index in [1.54, 1.807) is 7.11 Å². The predicted octanol–water partition coefficient (Wildman–Crippen LogP) is 3.46. The van der Waals surface area contributed by atoms with E-state index in [-0.39, 0.29) is 30.5 Å². The van der Waals surface area contributed by atoms with Gasteiger partial charge >= 0.3 is 0 Å². The van der Waals surface area contributed by atoms with Gasteiger partial charge in [-0.1, -0.05) is 24.3 Å². The number of piperazine rings is 1. The summed E-state index contributed by atoms with van der Waals surface area (Å²) in [6.45, 7) is 3.44. The zero-order chi connectivity index (χ0) is 20.1. The van der Waals surface area contributed by atoms with E-state index in [1.807, 2.05) is 53.4 Å². The van der Waals surface area contributed by atoms with E-state index in [4.69, 9.17) is 14.2 Å². The second-order valence-electron chi connectivity index (χ2n) is 7.43. The van der Waals surface area contributed by atoms with Gasteiger partial charge in [-0.3, -0.25) is 4.79 Å². The fraction of sp³-hybridized carbons (Fsp3) is 0.435. The maximum absolute atomic E-state index is 13.4. The molecule has 0 spiro atoms.